The molecule has 0 aromatic heterocycles. The van der Waals surface area contributed by atoms with E-state index in [0.717, 1.165) is 25.7 Å². The summed E-state index contributed by atoms with van der Waals surface area (Å²) < 4.78 is 11.1. The van der Waals surface area contributed by atoms with Gasteiger partial charge in [0.2, 0.25) is 17.7 Å². The lowest BCUT2D eigenvalue weighted by molar-refractivity contribution is -0.131. The van der Waals surface area contributed by atoms with Gasteiger partial charge in [-0.05, 0) is 31.9 Å². The average molecular weight is 415 g/mol. The maximum Gasteiger partial charge on any atom is 0.242 e. The van der Waals surface area contributed by atoms with Crippen LogP contribution in [0.3, 0.4) is 0 Å². The largest absolute Gasteiger partial charge is 0.486 e. The van der Waals surface area contributed by atoms with Gasteiger partial charge in [0.15, 0.2) is 11.5 Å². The summed E-state index contributed by atoms with van der Waals surface area (Å²) in [4.78, 5) is 39.2. The number of amides is 3. The Morgan fingerprint density at radius 2 is 1.83 bits per heavy atom. The van der Waals surface area contributed by atoms with E-state index in [9.17, 15) is 14.4 Å². The van der Waals surface area contributed by atoms with Crippen LogP contribution < -0.4 is 25.0 Å². The van der Waals surface area contributed by atoms with Gasteiger partial charge in [0.1, 0.15) is 19.3 Å². The van der Waals surface area contributed by atoms with Gasteiger partial charge in [-0.1, -0.05) is 19.3 Å². The molecule has 1 saturated heterocycles. The topological polar surface area (TPSA) is 97.0 Å². The van der Waals surface area contributed by atoms with Crippen molar-refractivity contribution in [1.29, 1.82) is 0 Å². The van der Waals surface area contributed by atoms with Gasteiger partial charge >= 0.3 is 0 Å². The van der Waals surface area contributed by atoms with E-state index in [1.165, 1.54) is 6.42 Å². The summed E-state index contributed by atoms with van der Waals surface area (Å²) in [6.07, 6.45) is 5.59. The monoisotopic (exact) mass is 415 g/mol. The van der Waals surface area contributed by atoms with Gasteiger partial charge in [0.25, 0.3) is 0 Å². The third-order valence-electron chi connectivity index (χ3n) is 6.04. The van der Waals surface area contributed by atoms with Crippen LogP contribution in [0.25, 0.3) is 0 Å². The number of ether oxygens (including phenoxy) is 2. The van der Waals surface area contributed by atoms with Crippen molar-refractivity contribution in [2.75, 3.05) is 24.7 Å². The Labute approximate surface area is 176 Å². The zero-order chi connectivity index (χ0) is 21.1. The minimum Gasteiger partial charge on any atom is -0.486 e. The molecule has 0 spiro atoms. The van der Waals surface area contributed by atoms with Crippen LogP contribution in [0, 0.1) is 5.92 Å². The quantitative estimate of drug-likeness (QED) is 0.764. The van der Waals surface area contributed by atoms with Gasteiger partial charge in [-0.15, -0.1) is 0 Å². The Morgan fingerprint density at radius 1 is 1.10 bits per heavy atom. The molecule has 0 radical (unpaired) electrons. The lowest BCUT2D eigenvalue weighted by atomic mass is 9.95. The van der Waals surface area contributed by atoms with Crippen molar-refractivity contribution in [2.24, 2.45) is 5.92 Å². The Balaban J connectivity index is 1.33. The first-order valence-electron chi connectivity index (χ1n) is 10.8. The number of fused-ring (bicyclic) bond motifs is 1. The molecular weight excluding hydrogens is 386 g/mol. The number of benzene rings is 1. The molecule has 1 saturated carbocycles. The van der Waals surface area contributed by atoms with Crippen molar-refractivity contribution < 1.29 is 23.9 Å². The molecule has 0 bridgehead atoms. The maximum absolute atomic E-state index is 12.7. The highest BCUT2D eigenvalue weighted by atomic mass is 16.6. The summed E-state index contributed by atoms with van der Waals surface area (Å²) in [6, 6.07) is 4.92. The van der Waals surface area contributed by atoms with E-state index >= 15 is 0 Å². The summed E-state index contributed by atoms with van der Waals surface area (Å²) in [5.74, 6) is 0.218. The molecule has 4 rings (SSSR count). The Morgan fingerprint density at radius 3 is 2.60 bits per heavy atom. The van der Waals surface area contributed by atoms with Crippen LogP contribution in [0.4, 0.5) is 5.69 Å². The third-order valence-corrected chi connectivity index (χ3v) is 6.04. The van der Waals surface area contributed by atoms with Crippen LogP contribution in [0.1, 0.15) is 45.4 Å². The Bertz CT molecular complexity index is 821. The first-order valence-corrected chi connectivity index (χ1v) is 10.8. The molecule has 162 valence electrons. The summed E-state index contributed by atoms with van der Waals surface area (Å²) in [5, 5.41) is 5.81. The van der Waals surface area contributed by atoms with E-state index in [1.54, 1.807) is 30.0 Å². The zero-order valence-electron chi connectivity index (χ0n) is 17.3. The number of rotatable bonds is 5. The molecule has 1 aliphatic carbocycles. The number of anilines is 1. The van der Waals surface area contributed by atoms with E-state index in [0.29, 0.717) is 30.4 Å². The van der Waals surface area contributed by atoms with Crippen LogP contribution in [0.2, 0.25) is 0 Å². The molecule has 2 fully saturated rings. The van der Waals surface area contributed by atoms with Crippen molar-refractivity contribution in [3.63, 3.8) is 0 Å². The fourth-order valence-corrected chi connectivity index (χ4v) is 4.30. The lowest BCUT2D eigenvalue weighted by Crippen LogP contribution is -2.50. The zero-order valence-corrected chi connectivity index (χ0v) is 17.3. The predicted octanol–water partition coefficient (Wildman–Crippen LogP) is 1.76. The average Bonchev–Trinajstić information content (AvgIpc) is 3.16. The molecule has 30 heavy (non-hydrogen) atoms. The minimum absolute atomic E-state index is 0.119. The SMILES string of the molecule is C[C@H](NC(=O)[C@@H]1CC(=O)N(c2ccc3c(c2)OCCO3)C1)C(=O)NC1CCCCC1. The summed E-state index contributed by atoms with van der Waals surface area (Å²) in [5.41, 5.74) is 0.683. The van der Waals surface area contributed by atoms with E-state index in [1.807, 2.05) is 0 Å². The molecule has 2 heterocycles. The van der Waals surface area contributed by atoms with E-state index < -0.39 is 12.0 Å². The lowest BCUT2D eigenvalue weighted by Gasteiger charge is -2.25. The molecular formula is C22H29N3O5. The number of hydrogen-bond acceptors (Lipinski definition) is 5. The van der Waals surface area contributed by atoms with Gasteiger partial charge < -0.3 is 25.0 Å². The fourth-order valence-electron chi connectivity index (χ4n) is 4.30. The van der Waals surface area contributed by atoms with E-state index in [2.05, 4.69) is 10.6 Å². The normalized spacial score (nSPS) is 22.5. The molecule has 2 N–H and O–H groups in total. The Kier molecular flexibility index (Phi) is 6.11. The fraction of sp³-hybridized carbons (Fsp3) is 0.591. The third kappa shape index (κ3) is 4.52. The van der Waals surface area contributed by atoms with Crippen LogP contribution >= 0.6 is 0 Å². The molecule has 2 atom stereocenters. The van der Waals surface area contributed by atoms with Gasteiger partial charge in [0.05, 0.1) is 5.92 Å². The van der Waals surface area contributed by atoms with E-state index in [4.69, 9.17) is 9.47 Å². The summed E-state index contributed by atoms with van der Waals surface area (Å²) in [7, 11) is 0. The van der Waals surface area contributed by atoms with Gasteiger partial charge in [0, 0.05) is 30.8 Å². The van der Waals surface area contributed by atoms with E-state index in [-0.39, 0.29) is 36.7 Å². The molecule has 8 heteroatoms. The standard InChI is InChI=1S/C22H29N3O5/c1-14(21(27)24-16-5-3-2-4-6-16)23-22(28)15-11-20(26)25(13-15)17-7-8-18-19(12-17)30-10-9-29-18/h7-8,12,14-16H,2-6,9-11,13H2,1H3,(H,23,28)(H,24,27)/t14-,15+/m0/s1. The number of carbonyl (C=O) groups excluding carboxylic acids is 3. The van der Waals surface area contributed by atoms with Crippen LogP contribution in [-0.2, 0) is 14.4 Å². The van der Waals surface area contributed by atoms with Crippen LogP contribution in [-0.4, -0.2) is 49.6 Å². The van der Waals surface area contributed by atoms with Gasteiger partial charge in [-0.3, -0.25) is 14.4 Å². The highest BCUT2D eigenvalue weighted by Gasteiger charge is 2.36. The molecule has 1 aromatic carbocycles. The second-order valence-corrected chi connectivity index (χ2v) is 8.31. The molecule has 3 aliphatic rings. The predicted molar refractivity (Wildman–Crippen MR) is 111 cm³/mol. The van der Waals surface area contributed by atoms with Crippen LogP contribution in [0.15, 0.2) is 18.2 Å². The highest BCUT2D eigenvalue weighted by molar-refractivity contribution is 6.01. The number of hydrogen-bond donors (Lipinski definition) is 2. The number of carbonyl (C=O) groups is 3. The highest BCUT2D eigenvalue weighted by Crippen LogP contribution is 2.36. The van der Waals surface area contributed by atoms with Crippen molar-refractivity contribution in [1.82, 2.24) is 10.6 Å². The maximum atomic E-state index is 12.7. The van der Waals surface area contributed by atoms with Crippen molar-refractivity contribution in [3.8, 4) is 11.5 Å². The van der Waals surface area contributed by atoms with Crippen molar-refractivity contribution >= 4 is 23.4 Å². The summed E-state index contributed by atoms with van der Waals surface area (Å²) in [6.45, 7) is 2.94. The second-order valence-electron chi connectivity index (χ2n) is 8.31. The molecule has 3 amide bonds. The van der Waals surface area contributed by atoms with Gasteiger partial charge in [-0.2, -0.15) is 0 Å². The van der Waals surface area contributed by atoms with Crippen molar-refractivity contribution in [2.45, 2.75) is 57.5 Å². The van der Waals surface area contributed by atoms with Gasteiger partial charge in [-0.25, -0.2) is 0 Å². The van der Waals surface area contributed by atoms with Crippen molar-refractivity contribution in [3.05, 3.63) is 18.2 Å². The molecule has 8 nitrogen and oxygen atoms in total. The smallest absolute Gasteiger partial charge is 0.242 e. The first kappa shape index (κ1) is 20.5. The number of nitrogens with one attached hydrogen (secondary N) is 2. The Hall–Kier alpha value is -2.77. The molecule has 0 unspecified atom stereocenters. The first-order chi connectivity index (χ1) is 14.5. The minimum atomic E-state index is -0.627. The number of nitrogens with zero attached hydrogens (tertiary/aromatic N) is 1. The second kappa shape index (κ2) is 8.93. The summed E-state index contributed by atoms with van der Waals surface area (Å²) >= 11 is 0. The molecule has 1 aromatic rings. The van der Waals surface area contributed by atoms with Crippen LogP contribution in [0.5, 0.6) is 11.5 Å². The molecule has 2 aliphatic heterocycles.